The molecule has 2 aliphatic rings. The van der Waals surface area contributed by atoms with E-state index in [1.165, 1.54) is 11.8 Å². The Kier molecular flexibility index (Phi) is 5.99. The van der Waals surface area contributed by atoms with Crippen LogP contribution in [0, 0.1) is 0 Å². The average Bonchev–Trinajstić information content (AvgIpc) is 3.44. The lowest BCUT2D eigenvalue weighted by Gasteiger charge is -2.36. The van der Waals surface area contributed by atoms with Gasteiger partial charge in [-0.05, 0) is 51.1 Å². The third-order valence-electron chi connectivity index (χ3n) is 5.64. The molecule has 33 heavy (non-hydrogen) atoms. The molecular weight excluding hydrogens is 440 g/mol. The van der Waals surface area contributed by atoms with E-state index in [0.29, 0.717) is 35.6 Å². The molecule has 0 spiro atoms. The summed E-state index contributed by atoms with van der Waals surface area (Å²) in [5, 5.41) is 9.29. The third kappa shape index (κ3) is 4.43. The maximum Gasteiger partial charge on any atom is 0.236 e. The zero-order chi connectivity index (χ0) is 22.9. The van der Waals surface area contributed by atoms with Gasteiger partial charge in [0.05, 0.1) is 17.5 Å². The molecule has 0 N–H and O–H groups in total. The second-order valence-corrected chi connectivity index (χ2v) is 9.61. The van der Waals surface area contributed by atoms with Gasteiger partial charge in [-0.2, -0.15) is 0 Å². The smallest absolute Gasteiger partial charge is 0.236 e. The summed E-state index contributed by atoms with van der Waals surface area (Å²) in [6.07, 6.45) is 0.0564. The molecule has 0 bridgehead atoms. The fourth-order valence-electron chi connectivity index (χ4n) is 4.20. The highest BCUT2D eigenvalue weighted by atomic mass is 32.2. The second-order valence-electron chi connectivity index (χ2n) is 8.31. The molecule has 9 heteroatoms. The van der Waals surface area contributed by atoms with Crippen molar-refractivity contribution in [3.05, 3.63) is 48.5 Å². The Morgan fingerprint density at radius 1 is 1.03 bits per heavy atom. The zero-order valence-electron chi connectivity index (χ0n) is 18.8. The van der Waals surface area contributed by atoms with E-state index in [4.69, 9.17) is 14.2 Å². The Morgan fingerprint density at radius 3 is 2.52 bits per heavy atom. The van der Waals surface area contributed by atoms with Crippen molar-refractivity contribution in [2.45, 2.75) is 43.4 Å². The van der Waals surface area contributed by atoms with Crippen molar-refractivity contribution in [3.63, 3.8) is 0 Å². The van der Waals surface area contributed by atoms with Gasteiger partial charge in [-0.3, -0.25) is 9.36 Å². The van der Waals surface area contributed by atoms with E-state index >= 15 is 0 Å². The van der Waals surface area contributed by atoms with E-state index in [9.17, 15) is 4.79 Å². The van der Waals surface area contributed by atoms with E-state index < -0.39 is 0 Å². The summed E-state index contributed by atoms with van der Waals surface area (Å²) in [7, 11) is 0. The summed E-state index contributed by atoms with van der Waals surface area (Å²) in [6, 6.07) is 15.6. The molecule has 0 saturated carbocycles. The highest BCUT2D eigenvalue weighted by Gasteiger charge is 2.30. The van der Waals surface area contributed by atoms with Crippen LogP contribution in [0.4, 0.5) is 0 Å². The van der Waals surface area contributed by atoms with E-state index in [0.717, 1.165) is 11.3 Å². The fourth-order valence-corrected chi connectivity index (χ4v) is 5.15. The quantitative estimate of drug-likeness (QED) is 0.530. The number of nitrogens with zero attached hydrogens (tertiary/aromatic N) is 4. The molecular formula is C24H26N4O4S. The van der Waals surface area contributed by atoms with Crippen LogP contribution in [0.15, 0.2) is 53.7 Å². The lowest BCUT2D eigenvalue weighted by Crippen LogP contribution is -2.50. The predicted molar refractivity (Wildman–Crippen MR) is 125 cm³/mol. The van der Waals surface area contributed by atoms with Crippen LogP contribution in [0.3, 0.4) is 0 Å². The van der Waals surface area contributed by atoms with Gasteiger partial charge in [0.2, 0.25) is 12.7 Å². The monoisotopic (exact) mass is 466 g/mol. The number of carbonyl (C=O) groups excluding carboxylic acids is 1. The van der Waals surface area contributed by atoms with E-state index in [-0.39, 0.29) is 30.2 Å². The third-order valence-corrected chi connectivity index (χ3v) is 6.67. The zero-order valence-corrected chi connectivity index (χ0v) is 19.6. The fraction of sp³-hybridized carbons (Fsp3) is 0.375. The van der Waals surface area contributed by atoms with E-state index in [1.807, 2.05) is 78.8 Å². The van der Waals surface area contributed by atoms with Crippen LogP contribution in [-0.4, -0.2) is 62.9 Å². The minimum absolute atomic E-state index is 0.0282. The largest absolute Gasteiger partial charge is 0.454 e. The summed E-state index contributed by atoms with van der Waals surface area (Å²) in [6.45, 7) is 7.32. The van der Waals surface area contributed by atoms with Gasteiger partial charge in [-0.1, -0.05) is 30.0 Å². The van der Waals surface area contributed by atoms with Crippen molar-refractivity contribution in [1.82, 2.24) is 19.7 Å². The lowest BCUT2D eigenvalue weighted by atomic mass is 10.2. The molecule has 2 aromatic carbocycles. The maximum atomic E-state index is 13.2. The number of hydrogen-bond acceptors (Lipinski definition) is 7. The minimum atomic E-state index is -0.321. The molecule has 2 aliphatic heterocycles. The molecule has 3 heterocycles. The number of thioether (sulfide) groups is 1. The molecule has 1 aromatic heterocycles. The second kappa shape index (κ2) is 9.07. The molecule has 0 aliphatic carbocycles. The normalized spacial score (nSPS) is 20.6. The Morgan fingerprint density at radius 2 is 1.76 bits per heavy atom. The first kappa shape index (κ1) is 21.8. The van der Waals surface area contributed by atoms with E-state index in [1.54, 1.807) is 0 Å². The first-order chi connectivity index (χ1) is 16.0. The number of aromatic nitrogens is 3. The first-order valence-electron chi connectivity index (χ1n) is 11.0. The van der Waals surface area contributed by atoms with Gasteiger partial charge in [0.25, 0.3) is 0 Å². The standard InChI is InChI=1S/C24H26N4O4S/c1-15-12-27(13-16(2)32-15)23(29)17(3)33-24-26-25-22(28(24)19-7-5-4-6-8-19)18-9-10-20-21(11-18)31-14-30-20/h4-11,15-17H,12-14H2,1-3H3/t15-,16+,17-/m0/s1. The molecule has 1 saturated heterocycles. The minimum Gasteiger partial charge on any atom is -0.454 e. The number of rotatable bonds is 5. The topological polar surface area (TPSA) is 78.7 Å². The van der Waals surface area contributed by atoms with Crippen molar-refractivity contribution < 1.29 is 19.0 Å². The molecule has 8 nitrogen and oxygen atoms in total. The SMILES string of the molecule is C[C@@H]1CN(C(=O)[C@H](C)Sc2nnc(-c3ccc4c(c3)OCO4)n2-c2ccccc2)C[C@H](C)O1. The van der Waals surface area contributed by atoms with Gasteiger partial charge in [0.1, 0.15) is 0 Å². The highest BCUT2D eigenvalue weighted by Crippen LogP contribution is 2.37. The molecule has 0 radical (unpaired) electrons. The van der Waals surface area contributed by atoms with Gasteiger partial charge in [-0.15, -0.1) is 10.2 Å². The molecule has 3 aromatic rings. The summed E-state index contributed by atoms with van der Waals surface area (Å²) in [5.41, 5.74) is 1.78. The summed E-state index contributed by atoms with van der Waals surface area (Å²) >= 11 is 1.41. The lowest BCUT2D eigenvalue weighted by molar-refractivity contribution is -0.142. The van der Waals surface area contributed by atoms with Crippen LogP contribution < -0.4 is 9.47 Å². The number of hydrogen-bond donors (Lipinski definition) is 0. The van der Waals surface area contributed by atoms with Crippen molar-refractivity contribution in [2.24, 2.45) is 0 Å². The Bertz CT molecular complexity index is 1140. The van der Waals surface area contributed by atoms with Crippen molar-refractivity contribution >= 4 is 17.7 Å². The molecule has 1 fully saturated rings. The number of ether oxygens (including phenoxy) is 3. The Hall–Kier alpha value is -3.04. The summed E-state index contributed by atoms with van der Waals surface area (Å²) in [5.74, 6) is 2.15. The molecule has 5 rings (SSSR count). The summed E-state index contributed by atoms with van der Waals surface area (Å²) in [4.78, 5) is 15.1. The van der Waals surface area contributed by atoms with Gasteiger partial charge in [0, 0.05) is 24.3 Å². The predicted octanol–water partition coefficient (Wildman–Crippen LogP) is 3.78. The number of fused-ring (bicyclic) bond motifs is 1. The number of benzene rings is 2. The van der Waals surface area contributed by atoms with Crippen LogP contribution >= 0.6 is 11.8 Å². The average molecular weight is 467 g/mol. The van der Waals surface area contributed by atoms with Crippen molar-refractivity contribution in [2.75, 3.05) is 19.9 Å². The van der Waals surface area contributed by atoms with Crippen LogP contribution in [0.1, 0.15) is 20.8 Å². The van der Waals surface area contributed by atoms with Crippen molar-refractivity contribution in [1.29, 1.82) is 0 Å². The summed E-state index contributed by atoms with van der Waals surface area (Å²) < 4.78 is 18.8. The Balaban J connectivity index is 1.46. The molecule has 3 atom stereocenters. The Labute approximate surface area is 196 Å². The van der Waals surface area contributed by atoms with Crippen LogP contribution in [0.2, 0.25) is 0 Å². The number of para-hydroxylation sites is 1. The van der Waals surface area contributed by atoms with Crippen LogP contribution in [0.25, 0.3) is 17.1 Å². The number of carbonyl (C=O) groups is 1. The number of amides is 1. The highest BCUT2D eigenvalue weighted by molar-refractivity contribution is 8.00. The van der Waals surface area contributed by atoms with Gasteiger partial charge in [-0.25, -0.2) is 0 Å². The molecule has 0 unspecified atom stereocenters. The van der Waals surface area contributed by atoms with Crippen molar-refractivity contribution in [3.8, 4) is 28.6 Å². The molecule has 1 amide bonds. The van der Waals surface area contributed by atoms with E-state index in [2.05, 4.69) is 10.2 Å². The maximum absolute atomic E-state index is 13.2. The van der Waals surface area contributed by atoms with Gasteiger partial charge >= 0.3 is 0 Å². The van der Waals surface area contributed by atoms with Gasteiger partial charge < -0.3 is 19.1 Å². The first-order valence-corrected chi connectivity index (χ1v) is 11.9. The number of morpholine rings is 1. The van der Waals surface area contributed by atoms with Crippen LogP contribution in [-0.2, 0) is 9.53 Å². The van der Waals surface area contributed by atoms with Crippen LogP contribution in [0.5, 0.6) is 11.5 Å². The molecule has 172 valence electrons. The van der Waals surface area contributed by atoms with Gasteiger partial charge in [0.15, 0.2) is 22.5 Å².